The highest BCUT2D eigenvalue weighted by molar-refractivity contribution is 6.10. The predicted octanol–water partition coefficient (Wildman–Crippen LogP) is -1.12. The first kappa shape index (κ1) is 12.9. The molecule has 2 aliphatic heterocycles. The van der Waals surface area contributed by atoms with Gasteiger partial charge in [0.25, 0.3) is 5.91 Å². The predicted molar refractivity (Wildman–Crippen MR) is 61.3 cm³/mol. The van der Waals surface area contributed by atoms with Crippen molar-refractivity contribution in [2.24, 2.45) is 5.92 Å². The molecule has 2 amide bonds. The average Bonchev–Trinajstić information content (AvgIpc) is 2.70. The number of nitrogens with one attached hydrogen (secondary N) is 1. The van der Waals surface area contributed by atoms with Crippen LogP contribution < -0.4 is 5.32 Å². The molecule has 0 aromatic rings. The van der Waals surface area contributed by atoms with Crippen molar-refractivity contribution in [2.75, 3.05) is 6.61 Å². The van der Waals surface area contributed by atoms with Crippen LogP contribution in [0.1, 0.15) is 6.42 Å². The summed E-state index contributed by atoms with van der Waals surface area (Å²) in [4.78, 5) is 23.1. The molecule has 6 heteroatoms. The number of hydrogen-bond donors (Lipinski definition) is 3. The van der Waals surface area contributed by atoms with Gasteiger partial charge in [0.05, 0.1) is 24.7 Å². The van der Waals surface area contributed by atoms with Gasteiger partial charge in [-0.3, -0.25) is 14.9 Å². The Kier molecular flexibility index (Phi) is 3.60. The van der Waals surface area contributed by atoms with Gasteiger partial charge in [-0.2, -0.15) is 0 Å². The zero-order valence-corrected chi connectivity index (χ0v) is 9.70. The summed E-state index contributed by atoms with van der Waals surface area (Å²) >= 11 is 0. The first-order valence-corrected chi connectivity index (χ1v) is 5.70. The number of imide groups is 1. The molecule has 1 unspecified atom stereocenters. The summed E-state index contributed by atoms with van der Waals surface area (Å²) < 4.78 is 5.41. The average molecular weight is 253 g/mol. The van der Waals surface area contributed by atoms with Crippen LogP contribution in [0.2, 0.25) is 0 Å². The third kappa shape index (κ3) is 2.22. The van der Waals surface area contributed by atoms with Crippen molar-refractivity contribution in [1.82, 2.24) is 5.32 Å². The molecule has 1 saturated heterocycles. The second-order valence-corrected chi connectivity index (χ2v) is 4.37. The maximum absolute atomic E-state index is 11.7. The van der Waals surface area contributed by atoms with Crippen molar-refractivity contribution in [1.29, 1.82) is 0 Å². The van der Waals surface area contributed by atoms with Gasteiger partial charge in [-0.1, -0.05) is 18.7 Å². The molecular formula is C12H15NO5. The minimum absolute atomic E-state index is 0.248. The van der Waals surface area contributed by atoms with Gasteiger partial charge in [0.15, 0.2) is 0 Å². The van der Waals surface area contributed by atoms with Crippen molar-refractivity contribution in [3.8, 4) is 0 Å². The molecule has 18 heavy (non-hydrogen) atoms. The number of amides is 2. The van der Waals surface area contributed by atoms with Crippen LogP contribution in [0, 0.1) is 5.92 Å². The highest BCUT2D eigenvalue weighted by Gasteiger charge is 2.41. The summed E-state index contributed by atoms with van der Waals surface area (Å²) in [5.41, 5.74) is 0.310. The molecule has 2 aliphatic rings. The van der Waals surface area contributed by atoms with Crippen molar-refractivity contribution in [3.05, 3.63) is 24.3 Å². The normalized spacial score (nSPS) is 36.2. The molecule has 1 fully saturated rings. The van der Waals surface area contributed by atoms with Gasteiger partial charge in [0.1, 0.15) is 6.10 Å². The van der Waals surface area contributed by atoms with E-state index in [2.05, 4.69) is 11.9 Å². The zero-order chi connectivity index (χ0) is 13.3. The van der Waals surface area contributed by atoms with Crippen LogP contribution in [0.5, 0.6) is 0 Å². The number of hydrogen-bond acceptors (Lipinski definition) is 5. The van der Waals surface area contributed by atoms with Crippen molar-refractivity contribution >= 4 is 11.8 Å². The molecule has 0 bridgehead atoms. The van der Waals surface area contributed by atoms with Gasteiger partial charge in [0.2, 0.25) is 5.91 Å². The van der Waals surface area contributed by atoms with E-state index in [0.717, 1.165) is 0 Å². The number of rotatable bonds is 3. The van der Waals surface area contributed by atoms with Crippen LogP contribution in [0.25, 0.3) is 0 Å². The second-order valence-electron chi connectivity index (χ2n) is 4.37. The first-order chi connectivity index (χ1) is 8.56. The number of carbonyl (C=O) groups excluding carboxylic acids is 2. The van der Waals surface area contributed by atoms with Crippen LogP contribution in [0.15, 0.2) is 24.3 Å². The van der Waals surface area contributed by atoms with E-state index in [1.54, 1.807) is 0 Å². The van der Waals surface area contributed by atoms with E-state index in [1.807, 2.05) is 0 Å². The molecule has 3 N–H and O–H groups in total. The number of carbonyl (C=O) groups is 2. The van der Waals surface area contributed by atoms with E-state index in [0.29, 0.717) is 5.57 Å². The molecule has 0 saturated carbocycles. The van der Waals surface area contributed by atoms with Crippen molar-refractivity contribution < 1.29 is 24.5 Å². The van der Waals surface area contributed by atoms with Crippen molar-refractivity contribution in [3.63, 3.8) is 0 Å². The van der Waals surface area contributed by atoms with Crippen LogP contribution in [-0.2, 0) is 14.3 Å². The summed E-state index contributed by atoms with van der Waals surface area (Å²) in [6.45, 7) is 3.19. The monoisotopic (exact) mass is 253 g/mol. The van der Waals surface area contributed by atoms with Gasteiger partial charge < -0.3 is 14.9 Å². The topological polar surface area (TPSA) is 95.9 Å². The van der Waals surface area contributed by atoms with E-state index in [-0.39, 0.29) is 13.0 Å². The Morgan fingerprint density at radius 2 is 2.28 bits per heavy atom. The highest BCUT2D eigenvalue weighted by atomic mass is 16.5. The SMILES string of the molecule is C=CC1=CC([C@H]2C[C@H](O)[C@@H](CO)O2)C(=O)NC1=O. The lowest BCUT2D eigenvalue weighted by molar-refractivity contribution is -0.134. The molecule has 2 heterocycles. The lowest BCUT2D eigenvalue weighted by Gasteiger charge is -2.23. The molecule has 0 spiro atoms. The van der Waals surface area contributed by atoms with E-state index in [1.165, 1.54) is 12.2 Å². The van der Waals surface area contributed by atoms with E-state index >= 15 is 0 Å². The van der Waals surface area contributed by atoms with Crippen molar-refractivity contribution in [2.45, 2.75) is 24.7 Å². The van der Waals surface area contributed by atoms with Crippen LogP contribution in [-0.4, -0.2) is 46.9 Å². The quantitative estimate of drug-likeness (QED) is 0.554. The number of aliphatic hydroxyl groups is 2. The van der Waals surface area contributed by atoms with E-state index in [4.69, 9.17) is 9.84 Å². The molecule has 0 aliphatic carbocycles. The maximum atomic E-state index is 11.7. The summed E-state index contributed by atoms with van der Waals surface area (Å²) in [5.74, 6) is -1.59. The van der Waals surface area contributed by atoms with Gasteiger partial charge in [-0.25, -0.2) is 0 Å². The zero-order valence-electron chi connectivity index (χ0n) is 9.70. The Bertz CT molecular complexity index is 417. The fraction of sp³-hybridized carbons (Fsp3) is 0.500. The molecule has 0 aromatic heterocycles. The number of ether oxygens (including phenoxy) is 1. The molecular weight excluding hydrogens is 238 g/mol. The smallest absolute Gasteiger partial charge is 0.257 e. The van der Waals surface area contributed by atoms with Crippen LogP contribution in [0.3, 0.4) is 0 Å². The standard InChI is InChI=1S/C12H15NO5/c1-2-6-3-7(12(17)13-11(6)16)9-4-8(15)10(5-14)18-9/h2-3,7-10,14-15H,1,4-5H2,(H,13,16,17)/t7?,8-,9+,10+/m0/s1. The van der Waals surface area contributed by atoms with Gasteiger partial charge in [-0.15, -0.1) is 0 Å². The Balaban J connectivity index is 2.18. The Hall–Kier alpha value is -1.50. The fourth-order valence-corrected chi connectivity index (χ4v) is 2.21. The molecule has 4 atom stereocenters. The van der Waals surface area contributed by atoms with Gasteiger partial charge >= 0.3 is 0 Å². The summed E-state index contributed by atoms with van der Waals surface area (Å²) in [5, 5.41) is 20.8. The molecule has 6 nitrogen and oxygen atoms in total. The Labute approximate surface area is 104 Å². The minimum atomic E-state index is -0.800. The Morgan fingerprint density at radius 1 is 1.56 bits per heavy atom. The third-order valence-corrected chi connectivity index (χ3v) is 3.21. The third-order valence-electron chi connectivity index (χ3n) is 3.21. The first-order valence-electron chi connectivity index (χ1n) is 5.70. The molecule has 98 valence electrons. The molecule has 2 rings (SSSR count). The summed E-state index contributed by atoms with van der Waals surface area (Å²) in [6.07, 6.45) is 1.08. The van der Waals surface area contributed by atoms with Gasteiger partial charge in [-0.05, 0) is 0 Å². The van der Waals surface area contributed by atoms with E-state index in [9.17, 15) is 14.7 Å². The van der Waals surface area contributed by atoms with Gasteiger partial charge in [0, 0.05) is 12.0 Å². The molecule has 0 aromatic carbocycles. The summed E-state index contributed by atoms with van der Waals surface area (Å²) in [6, 6.07) is 0. The molecule has 0 radical (unpaired) electrons. The minimum Gasteiger partial charge on any atom is -0.394 e. The Morgan fingerprint density at radius 3 is 2.83 bits per heavy atom. The lowest BCUT2D eigenvalue weighted by Crippen LogP contribution is -2.44. The lowest BCUT2D eigenvalue weighted by atomic mass is 9.92. The number of aliphatic hydroxyl groups excluding tert-OH is 2. The highest BCUT2D eigenvalue weighted by Crippen LogP contribution is 2.29. The van der Waals surface area contributed by atoms with Crippen LogP contribution >= 0.6 is 0 Å². The fourth-order valence-electron chi connectivity index (χ4n) is 2.21. The second kappa shape index (κ2) is 5.01. The maximum Gasteiger partial charge on any atom is 0.257 e. The summed E-state index contributed by atoms with van der Waals surface area (Å²) in [7, 11) is 0. The largest absolute Gasteiger partial charge is 0.394 e. The van der Waals surface area contributed by atoms with Crippen LogP contribution in [0.4, 0.5) is 0 Å². The van der Waals surface area contributed by atoms with E-state index < -0.39 is 36.0 Å².